The van der Waals surface area contributed by atoms with Crippen molar-refractivity contribution in [3.05, 3.63) is 65.0 Å². The van der Waals surface area contributed by atoms with Gasteiger partial charge in [-0.1, -0.05) is 19.4 Å². The molecular weight excluding hydrogens is 406 g/mol. The van der Waals surface area contributed by atoms with Crippen LogP contribution < -0.4 is 4.74 Å². The molecule has 1 aromatic carbocycles. The van der Waals surface area contributed by atoms with E-state index < -0.39 is 17.7 Å². The van der Waals surface area contributed by atoms with Gasteiger partial charge < -0.3 is 19.6 Å². The number of likely N-dealkylation sites (tertiary alicyclic amines) is 1. The van der Waals surface area contributed by atoms with Gasteiger partial charge in [-0.15, -0.1) is 0 Å². The van der Waals surface area contributed by atoms with Crippen LogP contribution in [0.1, 0.15) is 42.5 Å². The summed E-state index contributed by atoms with van der Waals surface area (Å²) in [6.07, 6.45) is 5.27. The van der Waals surface area contributed by atoms with Crippen molar-refractivity contribution >= 4 is 17.4 Å². The van der Waals surface area contributed by atoms with Crippen molar-refractivity contribution in [2.45, 2.75) is 32.7 Å². The summed E-state index contributed by atoms with van der Waals surface area (Å²) in [5, 5.41) is 11.2. The van der Waals surface area contributed by atoms with Crippen LogP contribution in [0.3, 0.4) is 0 Å². The second-order valence-corrected chi connectivity index (χ2v) is 8.26. The van der Waals surface area contributed by atoms with Gasteiger partial charge in [-0.2, -0.15) is 0 Å². The first-order valence-corrected chi connectivity index (χ1v) is 10.9. The molecule has 3 rings (SSSR count). The van der Waals surface area contributed by atoms with E-state index >= 15 is 0 Å². The SMILES string of the molecule is CCCCOc1ccc(/C(O)=C2/C(=O)C(=O)N(CCN(C)C)C2c2cccnc2)cc1C. The zero-order valence-corrected chi connectivity index (χ0v) is 19.2. The number of hydrogen-bond acceptors (Lipinski definition) is 6. The number of nitrogens with zero attached hydrogens (tertiary/aromatic N) is 3. The molecule has 1 atom stereocenters. The van der Waals surface area contributed by atoms with E-state index in [1.165, 1.54) is 4.90 Å². The van der Waals surface area contributed by atoms with Crippen LogP contribution in [0.25, 0.3) is 5.76 Å². The Balaban J connectivity index is 2.03. The Bertz CT molecular complexity index is 1000. The average molecular weight is 438 g/mol. The van der Waals surface area contributed by atoms with E-state index in [9.17, 15) is 14.7 Å². The quantitative estimate of drug-likeness (QED) is 0.280. The molecule has 0 saturated carbocycles. The maximum Gasteiger partial charge on any atom is 0.295 e. The number of aryl methyl sites for hydroxylation is 1. The number of benzene rings is 1. The van der Waals surface area contributed by atoms with E-state index in [-0.39, 0.29) is 11.3 Å². The minimum absolute atomic E-state index is 0.0841. The number of aliphatic hydroxyl groups is 1. The molecule has 7 heteroatoms. The number of unbranched alkanes of at least 4 members (excludes halogenated alkanes) is 1. The monoisotopic (exact) mass is 437 g/mol. The van der Waals surface area contributed by atoms with Crippen molar-refractivity contribution in [3.8, 4) is 5.75 Å². The van der Waals surface area contributed by atoms with Crippen LogP contribution in [-0.4, -0.2) is 65.4 Å². The number of ether oxygens (including phenoxy) is 1. The Labute approximate surface area is 189 Å². The Morgan fingerprint density at radius 1 is 1.25 bits per heavy atom. The molecule has 0 spiro atoms. The maximum absolute atomic E-state index is 13.0. The van der Waals surface area contributed by atoms with E-state index in [1.807, 2.05) is 32.0 Å². The molecule has 1 amide bonds. The summed E-state index contributed by atoms with van der Waals surface area (Å²) in [4.78, 5) is 33.5. The summed E-state index contributed by atoms with van der Waals surface area (Å²) in [6, 6.07) is 8.18. The topological polar surface area (TPSA) is 83.0 Å². The highest BCUT2D eigenvalue weighted by Crippen LogP contribution is 2.39. The number of aromatic nitrogens is 1. The minimum atomic E-state index is -0.690. The molecule has 32 heavy (non-hydrogen) atoms. The van der Waals surface area contributed by atoms with Crippen LogP contribution in [0, 0.1) is 6.92 Å². The van der Waals surface area contributed by atoms with Crippen molar-refractivity contribution in [3.63, 3.8) is 0 Å². The van der Waals surface area contributed by atoms with Crippen molar-refractivity contribution in [1.29, 1.82) is 0 Å². The number of pyridine rings is 1. The van der Waals surface area contributed by atoms with Crippen molar-refractivity contribution < 1.29 is 19.4 Å². The third kappa shape index (κ3) is 4.99. The smallest absolute Gasteiger partial charge is 0.295 e. The average Bonchev–Trinajstić information content (AvgIpc) is 3.03. The Hall–Kier alpha value is -3.19. The Morgan fingerprint density at radius 2 is 2.03 bits per heavy atom. The molecule has 1 unspecified atom stereocenters. The molecule has 1 fully saturated rings. The summed E-state index contributed by atoms with van der Waals surface area (Å²) in [7, 11) is 3.81. The molecular formula is C25H31N3O4. The second kappa shape index (κ2) is 10.4. The van der Waals surface area contributed by atoms with Gasteiger partial charge in [0, 0.05) is 31.0 Å². The lowest BCUT2D eigenvalue weighted by Crippen LogP contribution is -2.35. The van der Waals surface area contributed by atoms with Gasteiger partial charge in [0.15, 0.2) is 0 Å². The predicted octanol–water partition coefficient (Wildman–Crippen LogP) is 3.55. The summed E-state index contributed by atoms with van der Waals surface area (Å²) in [5.74, 6) is -0.743. The van der Waals surface area contributed by atoms with Gasteiger partial charge in [0.25, 0.3) is 11.7 Å². The van der Waals surface area contributed by atoms with Gasteiger partial charge in [-0.05, 0) is 62.8 Å². The largest absolute Gasteiger partial charge is 0.507 e. The number of carbonyl (C=O) groups excluding carboxylic acids is 2. The van der Waals surface area contributed by atoms with Crippen LogP contribution in [0.2, 0.25) is 0 Å². The molecule has 1 aliphatic heterocycles. The van der Waals surface area contributed by atoms with Gasteiger partial charge in [0.2, 0.25) is 0 Å². The minimum Gasteiger partial charge on any atom is -0.507 e. The van der Waals surface area contributed by atoms with E-state index in [4.69, 9.17) is 4.74 Å². The lowest BCUT2D eigenvalue weighted by Gasteiger charge is -2.26. The standard InChI is InChI=1S/C25H31N3O4/c1-5-6-14-32-20-10-9-18(15-17(20)2)23(29)21-22(19-8-7-11-26-16-19)28(13-12-27(3)4)25(31)24(21)30/h7-11,15-16,22,29H,5-6,12-14H2,1-4H3/b23-21-. The molecule has 7 nitrogen and oxygen atoms in total. The van der Waals surface area contributed by atoms with Crippen LogP contribution >= 0.6 is 0 Å². The molecule has 1 saturated heterocycles. The highest BCUT2D eigenvalue weighted by atomic mass is 16.5. The number of amides is 1. The van der Waals surface area contributed by atoms with Gasteiger partial charge >= 0.3 is 0 Å². The van der Waals surface area contributed by atoms with Gasteiger partial charge in [0.1, 0.15) is 11.5 Å². The zero-order valence-electron chi connectivity index (χ0n) is 19.2. The summed E-state index contributed by atoms with van der Waals surface area (Å²) < 4.78 is 5.80. The van der Waals surface area contributed by atoms with Crippen LogP contribution in [-0.2, 0) is 9.59 Å². The van der Waals surface area contributed by atoms with E-state index in [2.05, 4.69) is 11.9 Å². The second-order valence-electron chi connectivity index (χ2n) is 8.26. The molecule has 1 N–H and O–H groups in total. The van der Waals surface area contributed by atoms with Gasteiger partial charge in [-0.25, -0.2) is 0 Å². The molecule has 0 bridgehead atoms. The fourth-order valence-electron chi connectivity index (χ4n) is 3.74. The molecule has 0 aliphatic carbocycles. The fourth-order valence-corrected chi connectivity index (χ4v) is 3.74. The van der Waals surface area contributed by atoms with Crippen molar-refractivity contribution in [2.75, 3.05) is 33.8 Å². The maximum atomic E-state index is 13.0. The number of hydrogen-bond donors (Lipinski definition) is 1. The molecule has 2 aromatic rings. The molecule has 1 aromatic heterocycles. The first kappa shape index (κ1) is 23.5. The number of aliphatic hydroxyl groups excluding tert-OH is 1. The summed E-state index contributed by atoms with van der Waals surface area (Å²) >= 11 is 0. The Kier molecular flexibility index (Phi) is 7.64. The molecule has 170 valence electrons. The number of Topliss-reactive ketones (excluding diaryl/α,β-unsaturated/α-hetero) is 1. The van der Waals surface area contributed by atoms with Gasteiger partial charge in [0.05, 0.1) is 18.2 Å². The third-order valence-electron chi connectivity index (χ3n) is 5.53. The molecule has 1 aliphatic rings. The van der Waals surface area contributed by atoms with E-state index in [0.717, 1.165) is 24.2 Å². The predicted molar refractivity (Wildman–Crippen MR) is 123 cm³/mol. The zero-order chi connectivity index (χ0) is 23.3. The highest BCUT2D eigenvalue weighted by molar-refractivity contribution is 6.46. The fraction of sp³-hybridized carbons (Fsp3) is 0.400. The number of ketones is 1. The lowest BCUT2D eigenvalue weighted by atomic mass is 9.95. The number of carbonyl (C=O) groups is 2. The van der Waals surface area contributed by atoms with Crippen LogP contribution in [0.15, 0.2) is 48.3 Å². The summed E-state index contributed by atoms with van der Waals surface area (Å²) in [5.41, 5.74) is 2.10. The molecule has 0 radical (unpaired) electrons. The normalized spacial score (nSPS) is 17.9. The van der Waals surface area contributed by atoms with Crippen LogP contribution in [0.5, 0.6) is 5.75 Å². The van der Waals surface area contributed by atoms with Crippen molar-refractivity contribution in [2.24, 2.45) is 0 Å². The first-order chi connectivity index (χ1) is 15.3. The molecule has 2 heterocycles. The first-order valence-electron chi connectivity index (χ1n) is 10.9. The summed E-state index contributed by atoms with van der Waals surface area (Å²) in [6.45, 7) is 5.57. The highest BCUT2D eigenvalue weighted by Gasteiger charge is 2.46. The lowest BCUT2D eigenvalue weighted by molar-refractivity contribution is -0.140. The number of rotatable bonds is 9. The van der Waals surface area contributed by atoms with Crippen LogP contribution in [0.4, 0.5) is 0 Å². The van der Waals surface area contributed by atoms with E-state index in [1.54, 1.807) is 36.7 Å². The Morgan fingerprint density at radius 3 is 2.66 bits per heavy atom. The van der Waals surface area contributed by atoms with E-state index in [0.29, 0.717) is 30.8 Å². The van der Waals surface area contributed by atoms with Gasteiger partial charge in [-0.3, -0.25) is 14.6 Å². The van der Waals surface area contributed by atoms with Crippen molar-refractivity contribution in [1.82, 2.24) is 14.8 Å². The third-order valence-corrected chi connectivity index (χ3v) is 5.53. The number of likely N-dealkylation sites (N-methyl/N-ethyl adjacent to an activating group) is 1.